The van der Waals surface area contributed by atoms with Crippen molar-refractivity contribution in [1.29, 1.82) is 0 Å². The Morgan fingerprint density at radius 2 is 2.00 bits per heavy atom. The van der Waals surface area contributed by atoms with Crippen molar-refractivity contribution in [3.63, 3.8) is 0 Å². The second kappa shape index (κ2) is 6.26. The molecule has 0 heterocycles. The Bertz CT molecular complexity index is 670. The highest BCUT2D eigenvalue weighted by molar-refractivity contribution is 6.02. The van der Waals surface area contributed by atoms with Gasteiger partial charge in [0.05, 0.1) is 0 Å². The molecule has 0 aliphatic rings. The lowest BCUT2D eigenvalue weighted by Gasteiger charge is -2.23. The van der Waals surface area contributed by atoms with E-state index < -0.39 is 0 Å². The molecule has 2 aromatic rings. The molecule has 0 spiro atoms. The van der Waals surface area contributed by atoms with E-state index in [9.17, 15) is 4.39 Å². The Hall–Kier alpha value is -2.56. The number of rotatable bonds is 4. The van der Waals surface area contributed by atoms with Gasteiger partial charge in [0, 0.05) is 24.8 Å². The van der Waals surface area contributed by atoms with E-state index in [1.807, 2.05) is 37.1 Å². The van der Waals surface area contributed by atoms with E-state index in [0.717, 1.165) is 16.8 Å². The van der Waals surface area contributed by atoms with Crippen LogP contribution in [0.15, 0.2) is 47.6 Å². The van der Waals surface area contributed by atoms with Crippen molar-refractivity contribution >= 4 is 11.5 Å². The van der Waals surface area contributed by atoms with Crippen molar-refractivity contribution in [3.05, 3.63) is 65.0 Å². The van der Waals surface area contributed by atoms with Crippen LogP contribution in [-0.4, -0.2) is 18.1 Å². The molecule has 0 amide bonds. The maximum Gasteiger partial charge on any atom is 0.172 e. The lowest BCUT2D eigenvalue weighted by atomic mass is 10.1. The molecule has 0 bridgehead atoms. The lowest BCUT2D eigenvalue weighted by Crippen LogP contribution is -2.23. The summed E-state index contributed by atoms with van der Waals surface area (Å²) in [4.78, 5) is 1.94. The number of nitrogens with zero attached hydrogens (tertiary/aromatic N) is 2. The second-order valence-corrected chi connectivity index (χ2v) is 4.93. The first kappa shape index (κ1) is 14.8. The number of oxime groups is 1. The molecule has 0 fully saturated rings. The van der Waals surface area contributed by atoms with Crippen molar-refractivity contribution in [2.24, 2.45) is 10.9 Å². The molecule has 4 nitrogen and oxygen atoms in total. The Kier molecular flexibility index (Phi) is 4.42. The van der Waals surface area contributed by atoms with Gasteiger partial charge in [-0.3, -0.25) is 0 Å². The molecule has 0 saturated heterocycles. The maximum absolute atomic E-state index is 13.4. The van der Waals surface area contributed by atoms with Crippen molar-refractivity contribution < 1.29 is 9.60 Å². The SMILES string of the molecule is Cc1ccc(F)cc1CN(C)c1ccccc1/C(N)=N/O. The van der Waals surface area contributed by atoms with Crippen LogP contribution in [0.1, 0.15) is 16.7 Å². The molecule has 110 valence electrons. The summed E-state index contributed by atoms with van der Waals surface area (Å²) in [5.41, 5.74) is 9.06. The molecule has 0 aliphatic heterocycles. The number of hydrogen-bond donors (Lipinski definition) is 2. The molecule has 0 unspecified atom stereocenters. The van der Waals surface area contributed by atoms with Crippen LogP contribution in [-0.2, 0) is 6.54 Å². The second-order valence-electron chi connectivity index (χ2n) is 4.93. The maximum atomic E-state index is 13.4. The number of nitrogens with two attached hydrogens (primary N) is 1. The van der Waals surface area contributed by atoms with Gasteiger partial charge >= 0.3 is 0 Å². The lowest BCUT2D eigenvalue weighted by molar-refractivity contribution is 0.318. The molecule has 5 heteroatoms. The van der Waals surface area contributed by atoms with Crippen LogP contribution in [0, 0.1) is 12.7 Å². The van der Waals surface area contributed by atoms with Crippen LogP contribution in [0.3, 0.4) is 0 Å². The number of benzene rings is 2. The summed E-state index contributed by atoms with van der Waals surface area (Å²) in [6, 6.07) is 12.1. The van der Waals surface area contributed by atoms with E-state index in [2.05, 4.69) is 5.16 Å². The molecular formula is C16H18FN3O. The van der Waals surface area contributed by atoms with Gasteiger partial charge in [-0.1, -0.05) is 23.4 Å². The van der Waals surface area contributed by atoms with E-state index in [1.54, 1.807) is 12.1 Å². The van der Waals surface area contributed by atoms with Gasteiger partial charge in [-0.2, -0.15) is 0 Å². The fourth-order valence-electron chi connectivity index (χ4n) is 2.23. The number of hydrogen-bond acceptors (Lipinski definition) is 3. The van der Waals surface area contributed by atoms with E-state index in [4.69, 9.17) is 10.9 Å². The summed E-state index contributed by atoms with van der Waals surface area (Å²) >= 11 is 0. The molecule has 3 N–H and O–H groups in total. The van der Waals surface area contributed by atoms with E-state index >= 15 is 0 Å². The molecule has 21 heavy (non-hydrogen) atoms. The third-order valence-electron chi connectivity index (χ3n) is 3.42. The third kappa shape index (κ3) is 3.31. The number of aryl methyl sites for hydroxylation is 1. The van der Waals surface area contributed by atoms with Crippen LogP contribution in [0.2, 0.25) is 0 Å². The molecule has 0 aromatic heterocycles. The first-order valence-electron chi connectivity index (χ1n) is 6.56. The van der Waals surface area contributed by atoms with Crippen LogP contribution in [0.5, 0.6) is 0 Å². The van der Waals surface area contributed by atoms with Gasteiger partial charge in [0.1, 0.15) is 5.82 Å². The van der Waals surface area contributed by atoms with Gasteiger partial charge in [0.2, 0.25) is 0 Å². The topological polar surface area (TPSA) is 61.8 Å². The molecule has 0 atom stereocenters. The third-order valence-corrected chi connectivity index (χ3v) is 3.42. The molecule has 0 saturated carbocycles. The van der Waals surface area contributed by atoms with Crippen LogP contribution < -0.4 is 10.6 Å². The summed E-state index contributed by atoms with van der Waals surface area (Å²) in [6.45, 7) is 2.47. The number of para-hydroxylation sites is 1. The summed E-state index contributed by atoms with van der Waals surface area (Å²) in [5, 5.41) is 11.9. The average molecular weight is 287 g/mol. The Morgan fingerprint density at radius 3 is 2.71 bits per heavy atom. The quantitative estimate of drug-likeness (QED) is 0.393. The van der Waals surface area contributed by atoms with Crippen LogP contribution >= 0.6 is 0 Å². The zero-order chi connectivity index (χ0) is 15.4. The summed E-state index contributed by atoms with van der Waals surface area (Å²) in [7, 11) is 1.88. The minimum atomic E-state index is -0.256. The van der Waals surface area contributed by atoms with Crippen molar-refractivity contribution in [2.45, 2.75) is 13.5 Å². The van der Waals surface area contributed by atoms with E-state index in [-0.39, 0.29) is 11.7 Å². The largest absolute Gasteiger partial charge is 0.409 e. The summed E-state index contributed by atoms with van der Waals surface area (Å²) < 4.78 is 13.4. The highest BCUT2D eigenvalue weighted by Crippen LogP contribution is 2.22. The van der Waals surface area contributed by atoms with Gasteiger partial charge in [0.15, 0.2) is 5.84 Å². The fourth-order valence-corrected chi connectivity index (χ4v) is 2.23. The standard InChI is InChI=1S/C16H18FN3O/c1-11-7-8-13(17)9-12(11)10-20(2)15-6-4-3-5-14(15)16(18)19-21/h3-9,21H,10H2,1-2H3,(H2,18,19). The van der Waals surface area contributed by atoms with Gasteiger partial charge in [-0.15, -0.1) is 0 Å². The summed E-state index contributed by atoms with van der Waals surface area (Å²) in [6.07, 6.45) is 0. The number of amidine groups is 1. The Labute approximate surface area is 123 Å². The van der Waals surface area contributed by atoms with Gasteiger partial charge in [-0.05, 0) is 42.3 Å². The highest BCUT2D eigenvalue weighted by atomic mass is 19.1. The first-order valence-corrected chi connectivity index (χ1v) is 6.56. The van der Waals surface area contributed by atoms with Gasteiger partial charge in [-0.25, -0.2) is 4.39 Å². The van der Waals surface area contributed by atoms with Crippen molar-refractivity contribution in [2.75, 3.05) is 11.9 Å². The molecular weight excluding hydrogens is 269 g/mol. The molecule has 2 rings (SSSR count). The number of anilines is 1. The first-order chi connectivity index (χ1) is 10.0. The molecule has 2 aromatic carbocycles. The zero-order valence-corrected chi connectivity index (χ0v) is 12.0. The Morgan fingerprint density at radius 1 is 1.29 bits per heavy atom. The van der Waals surface area contributed by atoms with Gasteiger partial charge in [0.25, 0.3) is 0 Å². The van der Waals surface area contributed by atoms with Crippen LogP contribution in [0.25, 0.3) is 0 Å². The van der Waals surface area contributed by atoms with E-state index in [0.29, 0.717) is 12.1 Å². The predicted molar refractivity (Wildman–Crippen MR) is 82.2 cm³/mol. The predicted octanol–water partition coefficient (Wildman–Crippen LogP) is 2.87. The van der Waals surface area contributed by atoms with Crippen LogP contribution in [0.4, 0.5) is 10.1 Å². The zero-order valence-electron chi connectivity index (χ0n) is 12.0. The average Bonchev–Trinajstić information content (AvgIpc) is 2.50. The van der Waals surface area contributed by atoms with E-state index in [1.165, 1.54) is 12.1 Å². The molecule has 0 aliphatic carbocycles. The highest BCUT2D eigenvalue weighted by Gasteiger charge is 2.12. The normalized spacial score (nSPS) is 11.5. The Balaban J connectivity index is 2.33. The monoisotopic (exact) mass is 287 g/mol. The van der Waals surface area contributed by atoms with Crippen molar-refractivity contribution in [1.82, 2.24) is 0 Å². The smallest absolute Gasteiger partial charge is 0.172 e. The van der Waals surface area contributed by atoms with Crippen molar-refractivity contribution in [3.8, 4) is 0 Å². The minimum absolute atomic E-state index is 0.0495. The number of halogens is 1. The van der Waals surface area contributed by atoms with Gasteiger partial charge < -0.3 is 15.8 Å². The summed E-state index contributed by atoms with van der Waals surface area (Å²) in [5.74, 6) is -0.206. The minimum Gasteiger partial charge on any atom is -0.409 e. The fraction of sp³-hybridized carbons (Fsp3) is 0.188. The molecule has 0 radical (unpaired) electrons.